The lowest BCUT2D eigenvalue weighted by molar-refractivity contribution is 0.0976. The van der Waals surface area contributed by atoms with E-state index < -0.39 is 0 Å². The number of aromatic nitrogens is 1. The minimum absolute atomic E-state index is 0.162. The zero-order valence-electron chi connectivity index (χ0n) is 12.9. The Balaban J connectivity index is 2.17. The molecule has 0 radical (unpaired) electrons. The molecule has 0 aliphatic carbocycles. The molecular weight excluding hydrogens is 250 g/mol. The molecule has 0 aliphatic heterocycles. The van der Waals surface area contributed by atoms with Crippen LogP contribution in [0.25, 0.3) is 0 Å². The number of unbranched alkanes of at least 4 members (excludes halogenated alkanes) is 7. The van der Waals surface area contributed by atoms with Gasteiger partial charge in [0.25, 0.3) is 0 Å². The van der Waals surface area contributed by atoms with Gasteiger partial charge in [-0.25, -0.2) is 0 Å². The molecule has 0 fully saturated rings. The number of hydrogen-bond donors (Lipinski definition) is 0. The predicted octanol–water partition coefficient (Wildman–Crippen LogP) is 4.80. The van der Waals surface area contributed by atoms with Crippen LogP contribution in [0.1, 0.15) is 75.1 Å². The molecule has 0 saturated carbocycles. The van der Waals surface area contributed by atoms with Crippen molar-refractivity contribution in [3.63, 3.8) is 0 Å². The molecule has 0 N–H and O–H groups in total. The first-order chi connectivity index (χ1) is 9.79. The van der Waals surface area contributed by atoms with Crippen molar-refractivity contribution in [2.45, 2.75) is 64.7 Å². The predicted molar refractivity (Wildman–Crippen MR) is 82.3 cm³/mol. The van der Waals surface area contributed by atoms with Crippen LogP contribution < -0.4 is 4.74 Å². The minimum atomic E-state index is 0.162. The molecule has 0 unspecified atom stereocenters. The molecule has 0 atom stereocenters. The molecule has 0 aromatic carbocycles. The number of nitrogens with zero attached hydrogens (tertiary/aromatic N) is 1. The number of Topliss-reactive ketones (excluding diaryl/α,β-unsaturated/α-hetero) is 1. The first kappa shape index (κ1) is 16.7. The number of ether oxygens (including phenoxy) is 1. The van der Waals surface area contributed by atoms with E-state index in [0.717, 1.165) is 12.8 Å². The quantitative estimate of drug-likeness (QED) is 0.430. The second-order valence-corrected chi connectivity index (χ2v) is 5.22. The van der Waals surface area contributed by atoms with Crippen molar-refractivity contribution < 1.29 is 9.53 Å². The Labute approximate surface area is 122 Å². The molecule has 0 spiro atoms. The zero-order valence-corrected chi connectivity index (χ0v) is 12.9. The van der Waals surface area contributed by atoms with Gasteiger partial charge in [0.15, 0.2) is 5.78 Å². The van der Waals surface area contributed by atoms with Gasteiger partial charge in [0, 0.05) is 12.6 Å². The van der Waals surface area contributed by atoms with Gasteiger partial charge in [-0.15, -0.1) is 0 Å². The largest absolute Gasteiger partial charge is 0.494 e. The number of rotatable bonds is 11. The highest BCUT2D eigenvalue weighted by Crippen LogP contribution is 2.19. The highest BCUT2D eigenvalue weighted by atomic mass is 16.5. The van der Waals surface area contributed by atoms with Gasteiger partial charge in [-0.3, -0.25) is 9.78 Å². The first-order valence-corrected chi connectivity index (χ1v) is 7.80. The normalized spacial score (nSPS) is 10.5. The van der Waals surface area contributed by atoms with Crippen LogP contribution in [0.4, 0.5) is 0 Å². The van der Waals surface area contributed by atoms with E-state index in [1.54, 1.807) is 25.6 Å². The van der Waals surface area contributed by atoms with Crippen LogP contribution >= 0.6 is 0 Å². The van der Waals surface area contributed by atoms with E-state index in [2.05, 4.69) is 11.9 Å². The summed E-state index contributed by atoms with van der Waals surface area (Å²) in [6.45, 7) is 2.24. The standard InChI is InChI=1S/C17H27NO2/c1-3-4-5-6-7-8-9-10-11-16(19)15-12-13-18-14-17(15)20-2/h12-14H,3-11H2,1-2H3. The van der Waals surface area contributed by atoms with Gasteiger partial charge >= 0.3 is 0 Å². The van der Waals surface area contributed by atoms with Gasteiger partial charge in [0.2, 0.25) is 0 Å². The lowest BCUT2D eigenvalue weighted by Gasteiger charge is -2.06. The Hall–Kier alpha value is -1.38. The van der Waals surface area contributed by atoms with Crippen molar-refractivity contribution in [2.24, 2.45) is 0 Å². The summed E-state index contributed by atoms with van der Waals surface area (Å²) in [5.41, 5.74) is 0.658. The fraction of sp³-hybridized carbons (Fsp3) is 0.647. The minimum Gasteiger partial charge on any atom is -0.494 e. The third-order valence-electron chi connectivity index (χ3n) is 3.56. The molecule has 1 aromatic heterocycles. The maximum atomic E-state index is 12.1. The molecule has 112 valence electrons. The molecule has 3 nitrogen and oxygen atoms in total. The molecule has 0 amide bonds. The van der Waals surface area contributed by atoms with E-state index in [0.29, 0.717) is 17.7 Å². The van der Waals surface area contributed by atoms with Gasteiger partial charge in [-0.2, -0.15) is 0 Å². The number of carbonyl (C=O) groups excluding carboxylic acids is 1. The summed E-state index contributed by atoms with van der Waals surface area (Å²) in [5.74, 6) is 0.743. The van der Waals surface area contributed by atoms with E-state index >= 15 is 0 Å². The molecule has 1 heterocycles. The smallest absolute Gasteiger partial charge is 0.166 e. The molecule has 1 aromatic rings. The van der Waals surface area contributed by atoms with Crippen molar-refractivity contribution in [3.8, 4) is 5.75 Å². The van der Waals surface area contributed by atoms with Crippen molar-refractivity contribution in [2.75, 3.05) is 7.11 Å². The van der Waals surface area contributed by atoms with Crippen LogP contribution in [0.15, 0.2) is 18.5 Å². The van der Waals surface area contributed by atoms with Crippen molar-refractivity contribution >= 4 is 5.78 Å². The first-order valence-electron chi connectivity index (χ1n) is 7.80. The topological polar surface area (TPSA) is 39.2 Å². The number of carbonyl (C=O) groups is 1. The van der Waals surface area contributed by atoms with Crippen LogP contribution in [-0.2, 0) is 0 Å². The zero-order chi connectivity index (χ0) is 14.6. The number of methoxy groups -OCH3 is 1. The number of hydrogen-bond acceptors (Lipinski definition) is 3. The summed E-state index contributed by atoms with van der Waals surface area (Å²) in [6, 6.07) is 1.74. The summed E-state index contributed by atoms with van der Waals surface area (Å²) in [6.07, 6.45) is 13.8. The molecular formula is C17H27NO2. The molecule has 0 bridgehead atoms. The van der Waals surface area contributed by atoms with Gasteiger partial charge < -0.3 is 4.74 Å². The van der Waals surface area contributed by atoms with Crippen molar-refractivity contribution in [1.29, 1.82) is 0 Å². The Bertz CT molecular complexity index is 390. The lowest BCUT2D eigenvalue weighted by Crippen LogP contribution is -2.02. The number of ketones is 1. The third kappa shape index (κ3) is 6.18. The maximum Gasteiger partial charge on any atom is 0.166 e. The fourth-order valence-electron chi connectivity index (χ4n) is 2.33. The highest BCUT2D eigenvalue weighted by Gasteiger charge is 2.11. The maximum absolute atomic E-state index is 12.1. The van der Waals surface area contributed by atoms with Crippen LogP contribution in [0.5, 0.6) is 5.75 Å². The Morgan fingerprint density at radius 1 is 1.10 bits per heavy atom. The Morgan fingerprint density at radius 3 is 2.40 bits per heavy atom. The SMILES string of the molecule is CCCCCCCCCCC(=O)c1ccncc1OC. The van der Waals surface area contributed by atoms with Gasteiger partial charge in [0.1, 0.15) is 5.75 Å². The highest BCUT2D eigenvalue weighted by molar-refractivity contribution is 5.98. The average molecular weight is 277 g/mol. The van der Waals surface area contributed by atoms with E-state index in [9.17, 15) is 4.79 Å². The van der Waals surface area contributed by atoms with E-state index in [1.807, 2.05) is 0 Å². The molecule has 0 aliphatic rings. The van der Waals surface area contributed by atoms with E-state index in [4.69, 9.17) is 4.74 Å². The van der Waals surface area contributed by atoms with Crippen LogP contribution in [0, 0.1) is 0 Å². The molecule has 1 rings (SSSR count). The fourth-order valence-corrected chi connectivity index (χ4v) is 2.33. The van der Waals surface area contributed by atoms with Crippen LogP contribution in [0.3, 0.4) is 0 Å². The Morgan fingerprint density at radius 2 is 1.75 bits per heavy atom. The second kappa shape index (κ2) is 10.4. The lowest BCUT2D eigenvalue weighted by atomic mass is 10.0. The monoisotopic (exact) mass is 277 g/mol. The van der Waals surface area contributed by atoms with Crippen LogP contribution in [0.2, 0.25) is 0 Å². The average Bonchev–Trinajstić information content (AvgIpc) is 2.49. The van der Waals surface area contributed by atoms with Gasteiger partial charge in [-0.05, 0) is 12.5 Å². The number of pyridine rings is 1. The summed E-state index contributed by atoms with van der Waals surface area (Å²) >= 11 is 0. The Kier molecular flexibility index (Phi) is 8.68. The van der Waals surface area contributed by atoms with E-state index in [-0.39, 0.29) is 5.78 Å². The van der Waals surface area contributed by atoms with Crippen LogP contribution in [-0.4, -0.2) is 17.9 Å². The second-order valence-electron chi connectivity index (χ2n) is 5.22. The summed E-state index contributed by atoms with van der Waals surface area (Å²) in [5, 5.41) is 0. The molecule has 20 heavy (non-hydrogen) atoms. The van der Waals surface area contributed by atoms with Gasteiger partial charge in [0.05, 0.1) is 18.9 Å². The molecule has 0 saturated heterocycles. The van der Waals surface area contributed by atoms with Crippen molar-refractivity contribution in [3.05, 3.63) is 24.0 Å². The third-order valence-corrected chi connectivity index (χ3v) is 3.56. The van der Waals surface area contributed by atoms with Crippen molar-refractivity contribution in [1.82, 2.24) is 4.98 Å². The van der Waals surface area contributed by atoms with E-state index in [1.165, 1.54) is 38.5 Å². The van der Waals surface area contributed by atoms with Gasteiger partial charge in [-0.1, -0.05) is 51.9 Å². The summed E-state index contributed by atoms with van der Waals surface area (Å²) in [4.78, 5) is 16.1. The molecule has 3 heteroatoms. The summed E-state index contributed by atoms with van der Waals surface area (Å²) < 4.78 is 5.17. The summed E-state index contributed by atoms with van der Waals surface area (Å²) in [7, 11) is 1.57.